The molecule has 0 spiro atoms. The number of carbonyl (C=O) groups excluding carboxylic acids is 2. The molecule has 1 aromatic heterocycles. The third kappa shape index (κ3) is 4.24. The van der Waals surface area contributed by atoms with E-state index in [9.17, 15) is 9.59 Å². The average molecular weight is 409 g/mol. The number of benzene rings is 1. The van der Waals surface area contributed by atoms with Gasteiger partial charge in [0.2, 0.25) is 11.8 Å². The molecule has 2 aromatic rings. The molecule has 2 saturated heterocycles. The molecule has 30 heavy (non-hydrogen) atoms. The summed E-state index contributed by atoms with van der Waals surface area (Å²) in [6.07, 6.45) is 8.77. The Morgan fingerprint density at radius 3 is 2.43 bits per heavy atom. The fourth-order valence-electron chi connectivity index (χ4n) is 5.11. The molecule has 0 bridgehead atoms. The molecule has 6 nitrogen and oxygen atoms in total. The fraction of sp³-hybridized carbons (Fsp3) is 0.583. The minimum atomic E-state index is 0.194. The number of H-pyrrole nitrogens is 1. The highest BCUT2D eigenvalue weighted by molar-refractivity contribution is 5.88. The van der Waals surface area contributed by atoms with Gasteiger partial charge in [-0.15, -0.1) is 0 Å². The number of piperidine rings is 2. The van der Waals surface area contributed by atoms with Crippen molar-refractivity contribution < 1.29 is 9.59 Å². The second-order valence-electron chi connectivity index (χ2n) is 9.24. The topological polar surface area (TPSA) is 68.4 Å². The van der Waals surface area contributed by atoms with Gasteiger partial charge in [0.05, 0.1) is 6.42 Å². The van der Waals surface area contributed by atoms with Gasteiger partial charge in [0.15, 0.2) is 0 Å². The van der Waals surface area contributed by atoms with E-state index in [0.29, 0.717) is 18.5 Å². The van der Waals surface area contributed by atoms with E-state index in [0.717, 1.165) is 81.2 Å². The summed E-state index contributed by atoms with van der Waals surface area (Å²) in [6, 6.07) is 9.17. The van der Waals surface area contributed by atoms with Crippen molar-refractivity contribution in [2.75, 3.05) is 26.2 Å². The highest BCUT2D eigenvalue weighted by Crippen LogP contribution is 2.26. The lowest BCUT2D eigenvalue weighted by molar-refractivity contribution is -0.132. The summed E-state index contributed by atoms with van der Waals surface area (Å²) in [5.74, 6) is 0.697. The third-order valence-corrected chi connectivity index (χ3v) is 7.17. The van der Waals surface area contributed by atoms with Crippen LogP contribution in [0.3, 0.4) is 0 Å². The molecule has 2 amide bonds. The van der Waals surface area contributed by atoms with E-state index in [1.165, 1.54) is 0 Å². The number of hydrogen-bond donors (Lipinski definition) is 2. The van der Waals surface area contributed by atoms with Crippen molar-refractivity contribution >= 4 is 22.7 Å². The average Bonchev–Trinajstić information content (AvgIpc) is 3.52. The minimum Gasteiger partial charge on any atom is -0.361 e. The second-order valence-corrected chi connectivity index (χ2v) is 9.24. The van der Waals surface area contributed by atoms with Gasteiger partial charge in [-0.05, 0) is 63.2 Å². The Labute approximate surface area is 178 Å². The zero-order chi connectivity index (χ0) is 20.5. The van der Waals surface area contributed by atoms with Crippen molar-refractivity contribution in [2.45, 2.75) is 57.0 Å². The van der Waals surface area contributed by atoms with Gasteiger partial charge < -0.3 is 20.1 Å². The van der Waals surface area contributed by atoms with Crippen molar-refractivity contribution in [3.05, 3.63) is 36.0 Å². The summed E-state index contributed by atoms with van der Waals surface area (Å²) >= 11 is 0. The first-order chi connectivity index (χ1) is 14.7. The van der Waals surface area contributed by atoms with Crippen molar-refractivity contribution in [3.8, 4) is 0 Å². The molecule has 3 heterocycles. The lowest BCUT2D eigenvalue weighted by Crippen LogP contribution is -2.50. The van der Waals surface area contributed by atoms with Crippen LogP contribution in [0.2, 0.25) is 0 Å². The lowest BCUT2D eigenvalue weighted by Gasteiger charge is -2.41. The van der Waals surface area contributed by atoms with E-state index in [4.69, 9.17) is 0 Å². The van der Waals surface area contributed by atoms with Gasteiger partial charge in [0, 0.05) is 48.2 Å². The molecule has 1 aliphatic carbocycles. The number of para-hydroxylation sites is 1. The normalized spacial score (nSPS) is 21.8. The van der Waals surface area contributed by atoms with Crippen molar-refractivity contribution in [2.24, 2.45) is 5.92 Å². The maximum atomic E-state index is 12.9. The number of fused-ring (bicyclic) bond motifs is 1. The summed E-state index contributed by atoms with van der Waals surface area (Å²) in [4.78, 5) is 33.0. The zero-order valence-corrected chi connectivity index (χ0v) is 17.6. The molecule has 3 fully saturated rings. The van der Waals surface area contributed by atoms with E-state index < -0.39 is 0 Å². The van der Waals surface area contributed by atoms with E-state index >= 15 is 0 Å². The van der Waals surface area contributed by atoms with Gasteiger partial charge in [-0.3, -0.25) is 9.59 Å². The van der Waals surface area contributed by atoms with Crippen LogP contribution in [0.1, 0.15) is 44.1 Å². The molecule has 160 valence electrons. The largest absolute Gasteiger partial charge is 0.361 e. The van der Waals surface area contributed by atoms with Crippen LogP contribution >= 0.6 is 0 Å². The number of aromatic nitrogens is 1. The van der Waals surface area contributed by atoms with Crippen LogP contribution in [0.15, 0.2) is 30.5 Å². The maximum absolute atomic E-state index is 12.9. The van der Waals surface area contributed by atoms with Crippen LogP contribution in [0, 0.1) is 5.92 Å². The van der Waals surface area contributed by atoms with E-state index in [1.54, 1.807) is 0 Å². The number of rotatable bonds is 5. The molecule has 2 aliphatic heterocycles. The van der Waals surface area contributed by atoms with E-state index in [-0.39, 0.29) is 17.7 Å². The van der Waals surface area contributed by atoms with Crippen molar-refractivity contribution in [1.82, 2.24) is 20.1 Å². The Morgan fingerprint density at radius 1 is 0.967 bits per heavy atom. The quantitative estimate of drug-likeness (QED) is 0.799. The Hall–Kier alpha value is -2.34. The van der Waals surface area contributed by atoms with Gasteiger partial charge in [-0.1, -0.05) is 18.2 Å². The lowest BCUT2D eigenvalue weighted by atomic mass is 9.92. The molecular formula is C24H32N4O2. The number of nitrogens with one attached hydrogen (secondary N) is 2. The fourth-order valence-corrected chi connectivity index (χ4v) is 5.11. The van der Waals surface area contributed by atoms with Gasteiger partial charge in [-0.2, -0.15) is 0 Å². The summed E-state index contributed by atoms with van der Waals surface area (Å²) in [5, 5.41) is 4.31. The van der Waals surface area contributed by atoms with Gasteiger partial charge in [0.1, 0.15) is 0 Å². The molecule has 0 unspecified atom stereocenters. The Bertz CT molecular complexity index is 903. The number of hydrogen-bond acceptors (Lipinski definition) is 3. The molecule has 3 aliphatic rings. The second kappa shape index (κ2) is 8.42. The van der Waals surface area contributed by atoms with Crippen LogP contribution in [0.4, 0.5) is 0 Å². The number of aromatic amines is 1. The predicted molar refractivity (Wildman–Crippen MR) is 117 cm³/mol. The summed E-state index contributed by atoms with van der Waals surface area (Å²) in [7, 11) is 0. The zero-order valence-electron chi connectivity index (χ0n) is 17.6. The Morgan fingerprint density at radius 2 is 1.70 bits per heavy atom. The molecular weight excluding hydrogens is 376 g/mol. The van der Waals surface area contributed by atoms with Crippen LogP contribution in [-0.4, -0.2) is 64.9 Å². The summed E-state index contributed by atoms with van der Waals surface area (Å²) in [6.45, 7) is 3.70. The highest BCUT2D eigenvalue weighted by Gasteiger charge is 2.33. The van der Waals surface area contributed by atoms with Gasteiger partial charge in [0.25, 0.3) is 0 Å². The first-order valence-electron chi connectivity index (χ1n) is 11.5. The van der Waals surface area contributed by atoms with Crippen LogP contribution in [-0.2, 0) is 16.0 Å². The number of amides is 2. The molecule has 0 radical (unpaired) electrons. The minimum absolute atomic E-state index is 0.194. The highest BCUT2D eigenvalue weighted by atomic mass is 16.2. The van der Waals surface area contributed by atoms with E-state index in [1.807, 2.05) is 29.3 Å². The molecule has 0 atom stereocenters. The Kier molecular flexibility index (Phi) is 5.50. The first kappa shape index (κ1) is 19.6. The molecule has 2 N–H and O–H groups in total. The molecule has 1 aromatic carbocycles. The van der Waals surface area contributed by atoms with Crippen molar-refractivity contribution in [1.29, 1.82) is 0 Å². The predicted octanol–water partition coefficient (Wildman–Crippen LogP) is 2.69. The summed E-state index contributed by atoms with van der Waals surface area (Å²) < 4.78 is 0. The number of likely N-dealkylation sites (tertiary alicyclic amines) is 2. The van der Waals surface area contributed by atoms with Crippen LogP contribution in [0.25, 0.3) is 10.9 Å². The molecule has 1 saturated carbocycles. The maximum Gasteiger partial charge on any atom is 0.227 e. The van der Waals surface area contributed by atoms with Crippen molar-refractivity contribution in [3.63, 3.8) is 0 Å². The smallest absolute Gasteiger partial charge is 0.227 e. The monoisotopic (exact) mass is 408 g/mol. The van der Waals surface area contributed by atoms with Gasteiger partial charge >= 0.3 is 0 Å². The standard InChI is InChI=1S/C24H32N4O2/c29-23(15-18-16-25-22-4-2-1-3-21(18)22)28-13-9-20(10-14-28)27-11-7-17(8-12-27)24(30)26-19-5-6-19/h1-4,16-17,19-20,25H,5-15H2,(H,26,30). The molecule has 6 heteroatoms. The number of carbonyl (C=O) groups is 2. The van der Waals surface area contributed by atoms with Crippen LogP contribution < -0.4 is 5.32 Å². The van der Waals surface area contributed by atoms with Crippen LogP contribution in [0.5, 0.6) is 0 Å². The van der Waals surface area contributed by atoms with Gasteiger partial charge in [-0.25, -0.2) is 0 Å². The number of nitrogens with zero attached hydrogens (tertiary/aromatic N) is 2. The summed E-state index contributed by atoms with van der Waals surface area (Å²) in [5.41, 5.74) is 2.18. The Balaban J connectivity index is 1.09. The SMILES string of the molecule is O=C(NC1CC1)C1CCN(C2CCN(C(=O)Cc3c[nH]c4ccccc34)CC2)CC1. The molecule has 5 rings (SSSR count). The third-order valence-electron chi connectivity index (χ3n) is 7.17. The first-order valence-corrected chi connectivity index (χ1v) is 11.5. The van der Waals surface area contributed by atoms with E-state index in [2.05, 4.69) is 21.3 Å².